The van der Waals surface area contributed by atoms with E-state index in [0.717, 1.165) is 19.3 Å². The van der Waals surface area contributed by atoms with E-state index < -0.39 is 12.1 Å². The third kappa shape index (κ3) is 3.54. The first-order chi connectivity index (χ1) is 9.06. The van der Waals surface area contributed by atoms with Gasteiger partial charge in [0.15, 0.2) is 0 Å². The summed E-state index contributed by atoms with van der Waals surface area (Å²) in [6, 6.07) is 6.23. The molecule has 0 saturated heterocycles. The van der Waals surface area contributed by atoms with Gasteiger partial charge in [-0.05, 0) is 37.5 Å². The molecule has 2 atom stereocenters. The normalized spacial score (nSPS) is 22.0. The second kappa shape index (κ2) is 5.84. The van der Waals surface area contributed by atoms with Crippen molar-refractivity contribution in [3.63, 3.8) is 0 Å². The fraction of sp³-hybridized carbons (Fsp3) is 0.429. The summed E-state index contributed by atoms with van der Waals surface area (Å²) in [7, 11) is 0. The van der Waals surface area contributed by atoms with Gasteiger partial charge in [-0.1, -0.05) is 6.07 Å². The van der Waals surface area contributed by atoms with Crippen LogP contribution in [0, 0.1) is 0 Å². The third-order valence-corrected chi connectivity index (χ3v) is 3.15. The SMILES string of the molecule is CC(=O)Oc1cccc(C(=O)NC2CCCC2O)c1. The van der Waals surface area contributed by atoms with Crippen LogP contribution >= 0.6 is 0 Å². The van der Waals surface area contributed by atoms with Crippen molar-refractivity contribution in [2.45, 2.75) is 38.3 Å². The van der Waals surface area contributed by atoms with E-state index in [1.807, 2.05) is 0 Å². The minimum atomic E-state index is -0.472. The van der Waals surface area contributed by atoms with Crippen molar-refractivity contribution >= 4 is 11.9 Å². The number of nitrogens with one attached hydrogen (secondary N) is 1. The van der Waals surface area contributed by atoms with Crippen molar-refractivity contribution in [2.75, 3.05) is 0 Å². The van der Waals surface area contributed by atoms with E-state index in [4.69, 9.17) is 4.74 Å². The number of benzene rings is 1. The van der Waals surface area contributed by atoms with Crippen LogP contribution in [0.15, 0.2) is 24.3 Å². The molecular weight excluding hydrogens is 246 g/mol. The standard InChI is InChI=1S/C14H17NO4/c1-9(16)19-11-5-2-4-10(8-11)14(18)15-12-6-3-7-13(12)17/h2,4-5,8,12-13,17H,3,6-7H2,1H3,(H,15,18). The Hall–Kier alpha value is -1.88. The molecule has 1 saturated carbocycles. The van der Waals surface area contributed by atoms with Crippen molar-refractivity contribution in [2.24, 2.45) is 0 Å². The number of aliphatic hydroxyl groups is 1. The summed E-state index contributed by atoms with van der Waals surface area (Å²) in [5.74, 6) is -0.351. The molecule has 0 aliphatic heterocycles. The molecule has 1 aromatic rings. The Morgan fingerprint density at radius 2 is 2.16 bits per heavy atom. The lowest BCUT2D eigenvalue weighted by Gasteiger charge is -2.16. The van der Waals surface area contributed by atoms with Gasteiger partial charge in [-0.3, -0.25) is 9.59 Å². The smallest absolute Gasteiger partial charge is 0.308 e. The van der Waals surface area contributed by atoms with Crippen LogP contribution in [0.5, 0.6) is 5.75 Å². The molecule has 1 fully saturated rings. The highest BCUT2D eigenvalue weighted by atomic mass is 16.5. The number of aliphatic hydroxyl groups excluding tert-OH is 1. The number of ether oxygens (including phenoxy) is 1. The molecule has 2 rings (SSSR count). The van der Waals surface area contributed by atoms with E-state index in [-0.39, 0.29) is 11.9 Å². The monoisotopic (exact) mass is 263 g/mol. The van der Waals surface area contributed by atoms with Crippen molar-refractivity contribution in [1.29, 1.82) is 0 Å². The molecule has 2 unspecified atom stereocenters. The highest BCUT2D eigenvalue weighted by Crippen LogP contribution is 2.20. The second-order valence-electron chi connectivity index (χ2n) is 4.70. The lowest BCUT2D eigenvalue weighted by atomic mass is 10.1. The first-order valence-electron chi connectivity index (χ1n) is 6.33. The topological polar surface area (TPSA) is 75.6 Å². The molecule has 5 nitrogen and oxygen atoms in total. The number of carbonyl (C=O) groups excluding carboxylic acids is 2. The zero-order valence-electron chi connectivity index (χ0n) is 10.8. The maximum Gasteiger partial charge on any atom is 0.308 e. The summed E-state index contributed by atoms with van der Waals surface area (Å²) in [4.78, 5) is 22.9. The molecule has 0 radical (unpaired) electrons. The number of hydrogen-bond donors (Lipinski definition) is 2. The van der Waals surface area contributed by atoms with Gasteiger partial charge in [-0.25, -0.2) is 0 Å². The Kier molecular flexibility index (Phi) is 4.16. The minimum Gasteiger partial charge on any atom is -0.427 e. The summed E-state index contributed by atoms with van der Waals surface area (Å²) in [5.41, 5.74) is 0.415. The molecule has 19 heavy (non-hydrogen) atoms. The molecule has 0 bridgehead atoms. The van der Waals surface area contributed by atoms with Gasteiger partial charge in [0.2, 0.25) is 0 Å². The van der Waals surface area contributed by atoms with Gasteiger partial charge in [-0.2, -0.15) is 0 Å². The lowest BCUT2D eigenvalue weighted by molar-refractivity contribution is -0.131. The molecule has 1 aliphatic carbocycles. The second-order valence-corrected chi connectivity index (χ2v) is 4.70. The zero-order valence-corrected chi connectivity index (χ0v) is 10.8. The lowest BCUT2D eigenvalue weighted by Crippen LogP contribution is -2.39. The van der Waals surface area contributed by atoms with Crippen LogP contribution in [0.1, 0.15) is 36.5 Å². The number of hydrogen-bond acceptors (Lipinski definition) is 4. The Balaban J connectivity index is 2.04. The van der Waals surface area contributed by atoms with Crippen molar-refractivity contribution in [3.8, 4) is 5.75 Å². The summed E-state index contributed by atoms with van der Waals surface area (Å²) in [6.45, 7) is 1.31. The molecule has 0 spiro atoms. The highest BCUT2D eigenvalue weighted by Gasteiger charge is 2.26. The highest BCUT2D eigenvalue weighted by molar-refractivity contribution is 5.95. The van der Waals surface area contributed by atoms with Crippen molar-refractivity contribution in [3.05, 3.63) is 29.8 Å². The Bertz CT molecular complexity index is 486. The van der Waals surface area contributed by atoms with Gasteiger partial charge in [0.1, 0.15) is 5.75 Å². The van der Waals surface area contributed by atoms with Gasteiger partial charge in [0, 0.05) is 12.5 Å². The first kappa shape index (κ1) is 13.5. The average Bonchev–Trinajstić information content (AvgIpc) is 2.74. The van der Waals surface area contributed by atoms with E-state index in [1.165, 1.54) is 13.0 Å². The molecular formula is C14H17NO4. The zero-order chi connectivity index (χ0) is 13.8. The largest absolute Gasteiger partial charge is 0.427 e. The quantitative estimate of drug-likeness (QED) is 0.636. The molecule has 1 aromatic carbocycles. The minimum absolute atomic E-state index is 0.190. The fourth-order valence-electron chi connectivity index (χ4n) is 2.23. The van der Waals surface area contributed by atoms with E-state index in [9.17, 15) is 14.7 Å². The Morgan fingerprint density at radius 1 is 1.37 bits per heavy atom. The van der Waals surface area contributed by atoms with Gasteiger partial charge in [0.05, 0.1) is 12.1 Å². The molecule has 1 amide bonds. The maximum atomic E-state index is 12.0. The molecule has 1 aliphatic rings. The van der Waals surface area contributed by atoms with E-state index in [0.29, 0.717) is 11.3 Å². The number of esters is 1. The molecule has 0 aromatic heterocycles. The Morgan fingerprint density at radius 3 is 2.79 bits per heavy atom. The Labute approximate surface area is 111 Å². The fourth-order valence-corrected chi connectivity index (χ4v) is 2.23. The van der Waals surface area contributed by atoms with E-state index in [2.05, 4.69) is 5.32 Å². The summed E-state index contributed by atoms with van der Waals surface area (Å²) >= 11 is 0. The number of rotatable bonds is 3. The maximum absolute atomic E-state index is 12.0. The van der Waals surface area contributed by atoms with Crippen LogP contribution in [-0.4, -0.2) is 29.1 Å². The first-order valence-corrected chi connectivity index (χ1v) is 6.33. The number of amides is 1. The van der Waals surface area contributed by atoms with Gasteiger partial charge in [-0.15, -0.1) is 0 Å². The number of carbonyl (C=O) groups is 2. The third-order valence-electron chi connectivity index (χ3n) is 3.15. The summed E-state index contributed by atoms with van der Waals surface area (Å²) in [5, 5.41) is 12.5. The summed E-state index contributed by atoms with van der Waals surface area (Å²) < 4.78 is 4.93. The van der Waals surface area contributed by atoms with Crippen molar-refractivity contribution < 1.29 is 19.4 Å². The molecule has 2 N–H and O–H groups in total. The van der Waals surface area contributed by atoms with Crippen LogP contribution < -0.4 is 10.1 Å². The van der Waals surface area contributed by atoms with Crippen LogP contribution in [0.3, 0.4) is 0 Å². The molecule has 102 valence electrons. The van der Waals surface area contributed by atoms with Gasteiger partial charge in [0.25, 0.3) is 5.91 Å². The van der Waals surface area contributed by atoms with Crippen molar-refractivity contribution in [1.82, 2.24) is 5.32 Å². The predicted molar refractivity (Wildman–Crippen MR) is 68.9 cm³/mol. The molecule has 5 heteroatoms. The summed E-state index contributed by atoms with van der Waals surface area (Å²) in [6.07, 6.45) is 1.95. The van der Waals surface area contributed by atoms with Crippen LogP contribution in [-0.2, 0) is 4.79 Å². The van der Waals surface area contributed by atoms with E-state index >= 15 is 0 Å². The predicted octanol–water partition coefficient (Wildman–Crippen LogP) is 1.26. The average molecular weight is 263 g/mol. The van der Waals surface area contributed by atoms with E-state index in [1.54, 1.807) is 18.2 Å². The van der Waals surface area contributed by atoms with Gasteiger partial charge < -0.3 is 15.2 Å². The van der Waals surface area contributed by atoms with Crippen LogP contribution in [0.25, 0.3) is 0 Å². The van der Waals surface area contributed by atoms with Gasteiger partial charge >= 0.3 is 5.97 Å². The van der Waals surface area contributed by atoms with Crippen LogP contribution in [0.2, 0.25) is 0 Å². The molecule has 0 heterocycles. The van der Waals surface area contributed by atoms with Crippen LogP contribution in [0.4, 0.5) is 0 Å².